The van der Waals surface area contributed by atoms with Crippen molar-refractivity contribution in [3.63, 3.8) is 0 Å². The molecule has 0 amide bonds. The molecule has 7 atom stereocenters. The van der Waals surface area contributed by atoms with E-state index in [1.807, 2.05) is 0 Å². The van der Waals surface area contributed by atoms with E-state index in [0.29, 0.717) is 11.8 Å². The number of fused-ring (bicyclic) bond motifs is 3. The van der Waals surface area contributed by atoms with E-state index in [2.05, 4.69) is 27.4 Å². The lowest BCUT2D eigenvalue weighted by atomic mass is 9.57. The first kappa shape index (κ1) is 11.7. The quantitative estimate of drug-likeness (QED) is 0.561. The van der Waals surface area contributed by atoms with Gasteiger partial charge in [-0.05, 0) is 44.4 Å². The van der Waals surface area contributed by atoms with Crippen LogP contribution in [0.25, 0.3) is 0 Å². The van der Waals surface area contributed by atoms with Crippen LogP contribution in [-0.4, -0.2) is 22.9 Å². The Labute approximate surface area is 104 Å². The van der Waals surface area contributed by atoms with Crippen LogP contribution in [0.3, 0.4) is 0 Å². The molecule has 1 saturated heterocycles. The summed E-state index contributed by atoms with van der Waals surface area (Å²) in [7, 11) is 0. The van der Waals surface area contributed by atoms with Gasteiger partial charge in [0, 0.05) is 5.92 Å². The van der Waals surface area contributed by atoms with Crippen LogP contribution in [0.15, 0.2) is 12.2 Å². The molecule has 2 aliphatic carbocycles. The number of ether oxygens (including phenoxy) is 1. The fraction of sp³-hybridized carbons (Fsp3) is 0.867. The molecule has 2 heteroatoms. The van der Waals surface area contributed by atoms with Gasteiger partial charge in [-0.25, -0.2) is 0 Å². The topological polar surface area (TPSA) is 32.8 Å². The maximum Gasteiger partial charge on any atom is 0.114 e. The van der Waals surface area contributed by atoms with E-state index in [0.717, 1.165) is 11.5 Å². The van der Waals surface area contributed by atoms with Gasteiger partial charge >= 0.3 is 0 Å². The zero-order valence-electron chi connectivity index (χ0n) is 11.1. The summed E-state index contributed by atoms with van der Waals surface area (Å²) < 4.78 is 5.87. The smallest absolute Gasteiger partial charge is 0.114 e. The molecular formula is C15H24O2. The third-order valence-electron chi connectivity index (χ3n) is 5.50. The summed E-state index contributed by atoms with van der Waals surface area (Å²) in [5.41, 5.74) is 1.11. The maximum atomic E-state index is 10.5. The Morgan fingerprint density at radius 2 is 2.12 bits per heavy atom. The van der Waals surface area contributed by atoms with Gasteiger partial charge in [0.2, 0.25) is 0 Å². The second-order valence-corrected chi connectivity index (χ2v) is 6.77. The number of rotatable bonds is 1. The Bertz CT molecular complexity index is 351. The SMILES string of the molecule is C=C(C)C1C(O)C2OC2(C)C2CCC(C)CC12. The molecule has 0 aromatic heterocycles. The predicted octanol–water partition coefficient (Wildman–Crippen LogP) is 2.76. The molecular weight excluding hydrogens is 212 g/mol. The van der Waals surface area contributed by atoms with E-state index >= 15 is 0 Å². The Hall–Kier alpha value is -0.340. The summed E-state index contributed by atoms with van der Waals surface area (Å²) in [6.07, 6.45) is 3.54. The Balaban J connectivity index is 1.93. The van der Waals surface area contributed by atoms with Crippen LogP contribution in [0.4, 0.5) is 0 Å². The Morgan fingerprint density at radius 3 is 2.76 bits per heavy atom. The Morgan fingerprint density at radius 1 is 1.41 bits per heavy atom. The van der Waals surface area contributed by atoms with E-state index in [1.54, 1.807) is 0 Å². The van der Waals surface area contributed by atoms with Crippen molar-refractivity contribution in [2.75, 3.05) is 0 Å². The zero-order valence-corrected chi connectivity index (χ0v) is 11.1. The van der Waals surface area contributed by atoms with Crippen LogP contribution in [0.1, 0.15) is 40.0 Å². The fourth-order valence-electron chi connectivity index (χ4n) is 4.58. The molecule has 17 heavy (non-hydrogen) atoms. The largest absolute Gasteiger partial charge is 0.390 e. The van der Waals surface area contributed by atoms with Crippen molar-refractivity contribution in [2.45, 2.75) is 57.8 Å². The molecule has 0 spiro atoms. The van der Waals surface area contributed by atoms with Gasteiger partial charge in [0.15, 0.2) is 0 Å². The molecule has 0 aromatic rings. The molecule has 1 aliphatic heterocycles. The van der Waals surface area contributed by atoms with Gasteiger partial charge in [0.05, 0.1) is 11.7 Å². The minimum Gasteiger partial charge on any atom is -0.390 e. The van der Waals surface area contributed by atoms with E-state index in [1.165, 1.54) is 19.3 Å². The number of hydrogen-bond acceptors (Lipinski definition) is 2. The second kappa shape index (κ2) is 3.58. The predicted molar refractivity (Wildman–Crippen MR) is 67.6 cm³/mol. The van der Waals surface area contributed by atoms with Crippen LogP contribution in [0.5, 0.6) is 0 Å². The molecule has 0 aromatic carbocycles. The lowest BCUT2D eigenvalue weighted by Gasteiger charge is -2.46. The van der Waals surface area contributed by atoms with Gasteiger partial charge in [0.25, 0.3) is 0 Å². The van der Waals surface area contributed by atoms with Crippen molar-refractivity contribution < 1.29 is 9.84 Å². The molecule has 2 nitrogen and oxygen atoms in total. The highest BCUT2D eigenvalue weighted by atomic mass is 16.6. The summed E-state index contributed by atoms with van der Waals surface area (Å²) >= 11 is 0. The van der Waals surface area contributed by atoms with Gasteiger partial charge in [-0.1, -0.05) is 25.5 Å². The molecule has 2 saturated carbocycles. The minimum absolute atomic E-state index is 0.0316. The Kier molecular flexibility index (Phi) is 2.47. The average Bonchev–Trinajstić information content (AvgIpc) is 2.91. The molecule has 1 N–H and O–H groups in total. The third kappa shape index (κ3) is 1.53. The standard InChI is InChI=1S/C15H24O2/c1-8(2)12-10-7-9(3)5-6-11(10)15(4)14(17-15)13(12)16/h9-14,16H,1,5-7H2,2-4H3. The van der Waals surface area contributed by atoms with Crippen LogP contribution >= 0.6 is 0 Å². The van der Waals surface area contributed by atoms with Crippen LogP contribution in [-0.2, 0) is 4.74 Å². The molecule has 1 heterocycles. The number of aliphatic hydroxyl groups is 1. The van der Waals surface area contributed by atoms with Crippen LogP contribution in [0, 0.1) is 23.7 Å². The third-order valence-corrected chi connectivity index (χ3v) is 5.50. The van der Waals surface area contributed by atoms with Gasteiger partial charge in [-0.3, -0.25) is 0 Å². The summed E-state index contributed by atoms with van der Waals surface area (Å²) in [5, 5.41) is 10.5. The van der Waals surface area contributed by atoms with Crippen molar-refractivity contribution in [3.05, 3.63) is 12.2 Å². The van der Waals surface area contributed by atoms with Crippen molar-refractivity contribution >= 4 is 0 Å². The van der Waals surface area contributed by atoms with E-state index in [9.17, 15) is 5.11 Å². The lowest BCUT2D eigenvalue weighted by Crippen LogP contribution is -2.50. The highest BCUT2D eigenvalue weighted by Gasteiger charge is 2.68. The lowest BCUT2D eigenvalue weighted by molar-refractivity contribution is -0.00380. The number of epoxide rings is 1. The molecule has 3 aliphatic rings. The maximum absolute atomic E-state index is 10.5. The zero-order chi connectivity index (χ0) is 12.4. The molecule has 0 bridgehead atoms. The summed E-state index contributed by atoms with van der Waals surface area (Å²) in [6, 6.07) is 0. The fourth-order valence-corrected chi connectivity index (χ4v) is 4.58. The molecule has 3 rings (SSSR count). The van der Waals surface area contributed by atoms with E-state index in [-0.39, 0.29) is 23.7 Å². The monoisotopic (exact) mass is 236 g/mol. The van der Waals surface area contributed by atoms with Gasteiger partial charge in [-0.2, -0.15) is 0 Å². The summed E-state index contributed by atoms with van der Waals surface area (Å²) in [4.78, 5) is 0. The molecule has 0 radical (unpaired) electrons. The van der Waals surface area contributed by atoms with E-state index in [4.69, 9.17) is 4.74 Å². The van der Waals surface area contributed by atoms with Crippen LogP contribution in [0.2, 0.25) is 0 Å². The van der Waals surface area contributed by atoms with Crippen molar-refractivity contribution in [2.24, 2.45) is 23.7 Å². The second-order valence-electron chi connectivity index (χ2n) is 6.77. The van der Waals surface area contributed by atoms with E-state index < -0.39 is 0 Å². The summed E-state index contributed by atoms with van der Waals surface area (Å²) in [6.45, 7) is 10.7. The molecule has 3 fully saturated rings. The number of hydrogen-bond donors (Lipinski definition) is 1. The average molecular weight is 236 g/mol. The molecule has 7 unspecified atom stereocenters. The first-order valence-corrected chi connectivity index (χ1v) is 6.96. The normalized spacial score (nSPS) is 56.9. The van der Waals surface area contributed by atoms with Crippen molar-refractivity contribution in [1.29, 1.82) is 0 Å². The summed E-state index contributed by atoms with van der Waals surface area (Å²) in [5.74, 6) is 2.25. The number of aliphatic hydroxyl groups excluding tert-OH is 1. The van der Waals surface area contributed by atoms with Crippen LogP contribution < -0.4 is 0 Å². The highest BCUT2D eigenvalue weighted by Crippen LogP contribution is 2.60. The first-order valence-electron chi connectivity index (χ1n) is 6.96. The van der Waals surface area contributed by atoms with Gasteiger partial charge in [0.1, 0.15) is 6.10 Å². The van der Waals surface area contributed by atoms with Crippen molar-refractivity contribution in [3.8, 4) is 0 Å². The van der Waals surface area contributed by atoms with Crippen molar-refractivity contribution in [1.82, 2.24) is 0 Å². The molecule has 96 valence electrons. The first-order chi connectivity index (χ1) is 7.95. The van der Waals surface area contributed by atoms with Gasteiger partial charge < -0.3 is 9.84 Å². The highest BCUT2D eigenvalue weighted by molar-refractivity contribution is 5.21. The minimum atomic E-state index is -0.330. The van der Waals surface area contributed by atoms with Gasteiger partial charge in [-0.15, -0.1) is 0 Å².